The van der Waals surface area contributed by atoms with Gasteiger partial charge in [-0.25, -0.2) is 8.42 Å². The molecule has 0 aliphatic heterocycles. The zero-order chi connectivity index (χ0) is 25.8. The molecule has 0 radical (unpaired) electrons. The van der Waals surface area contributed by atoms with Crippen LogP contribution in [0.25, 0.3) is 0 Å². The summed E-state index contributed by atoms with van der Waals surface area (Å²) < 4.78 is 31.7. The van der Waals surface area contributed by atoms with Gasteiger partial charge in [-0.2, -0.15) is 0 Å². The lowest BCUT2D eigenvalue weighted by molar-refractivity contribution is -0.123. The number of anilines is 1. The van der Waals surface area contributed by atoms with E-state index in [1.807, 2.05) is 13.8 Å². The van der Waals surface area contributed by atoms with Gasteiger partial charge in [0.2, 0.25) is 10.0 Å². The lowest BCUT2D eigenvalue weighted by atomic mass is 9.96. The number of ether oxygens (including phenoxy) is 1. The van der Waals surface area contributed by atoms with Gasteiger partial charge < -0.3 is 10.1 Å². The Bertz CT molecular complexity index is 1290. The highest BCUT2D eigenvalue weighted by molar-refractivity contribution is 7.92. The first-order valence-electron chi connectivity index (χ1n) is 11.3. The van der Waals surface area contributed by atoms with Crippen molar-refractivity contribution >= 4 is 33.2 Å². The zero-order valence-corrected chi connectivity index (χ0v) is 22.2. The van der Waals surface area contributed by atoms with E-state index in [-0.39, 0.29) is 25.1 Å². The van der Waals surface area contributed by atoms with Gasteiger partial charge in [0.05, 0.1) is 24.5 Å². The molecule has 1 amide bonds. The van der Waals surface area contributed by atoms with Crippen molar-refractivity contribution in [3.8, 4) is 5.75 Å². The van der Waals surface area contributed by atoms with Gasteiger partial charge in [0, 0.05) is 5.02 Å². The smallest absolute Gasteiger partial charge is 0.258 e. The number of aryl methyl sites for hydroxylation is 3. The molecule has 0 saturated carbocycles. The Labute approximate surface area is 212 Å². The summed E-state index contributed by atoms with van der Waals surface area (Å²) in [5.41, 5.74) is 5.92. The number of hydrogen-bond donors (Lipinski definition) is 1. The molecule has 1 N–H and O–H groups in total. The first-order chi connectivity index (χ1) is 16.4. The number of carbonyl (C=O) groups excluding carboxylic acids is 1. The monoisotopic (exact) mass is 514 g/mol. The number of nitrogens with zero attached hydrogens (tertiary/aromatic N) is 1. The molecule has 35 heavy (non-hydrogen) atoms. The summed E-state index contributed by atoms with van der Waals surface area (Å²) in [6.07, 6.45) is 1.16. The molecule has 0 aliphatic rings. The minimum atomic E-state index is -3.52. The summed E-state index contributed by atoms with van der Waals surface area (Å²) in [6.45, 7) is 8.14. The number of hydrogen-bond acceptors (Lipinski definition) is 4. The molecule has 6 nitrogen and oxygen atoms in total. The van der Waals surface area contributed by atoms with Crippen LogP contribution in [-0.2, 0) is 21.4 Å². The number of amides is 1. The van der Waals surface area contributed by atoms with E-state index < -0.39 is 10.0 Å². The Kier molecular flexibility index (Phi) is 8.46. The predicted molar refractivity (Wildman–Crippen MR) is 142 cm³/mol. The van der Waals surface area contributed by atoms with Crippen LogP contribution in [0.1, 0.15) is 40.8 Å². The quantitative estimate of drug-likeness (QED) is 0.410. The lowest BCUT2D eigenvalue weighted by Gasteiger charge is -2.23. The van der Waals surface area contributed by atoms with E-state index in [0.29, 0.717) is 16.5 Å². The van der Waals surface area contributed by atoms with E-state index in [2.05, 4.69) is 31.3 Å². The second-order valence-electron chi connectivity index (χ2n) is 8.76. The zero-order valence-electron chi connectivity index (χ0n) is 20.6. The highest BCUT2D eigenvalue weighted by atomic mass is 35.5. The molecular weight excluding hydrogens is 484 g/mol. The van der Waals surface area contributed by atoms with Crippen molar-refractivity contribution < 1.29 is 17.9 Å². The Morgan fingerprint density at radius 1 is 0.971 bits per heavy atom. The Hall–Kier alpha value is -3.03. The Morgan fingerprint density at radius 2 is 1.57 bits per heavy atom. The van der Waals surface area contributed by atoms with Crippen molar-refractivity contribution in [1.82, 2.24) is 5.32 Å². The molecule has 0 unspecified atom stereocenters. The summed E-state index contributed by atoms with van der Waals surface area (Å²) in [5.74, 6) is 0.235. The molecular formula is C27H31ClN2O4S. The van der Waals surface area contributed by atoms with E-state index in [1.165, 1.54) is 15.4 Å². The topological polar surface area (TPSA) is 75.7 Å². The van der Waals surface area contributed by atoms with Crippen LogP contribution in [0.3, 0.4) is 0 Å². The number of rotatable bonds is 9. The van der Waals surface area contributed by atoms with E-state index in [0.717, 1.165) is 22.9 Å². The fourth-order valence-electron chi connectivity index (χ4n) is 3.82. The maximum absolute atomic E-state index is 12.5. The standard InChI is InChI=1S/C27H31ClN2O4S/c1-18-14-20(3)26(15-19(18)2)21(4)29-27(31)17-34-25-12-10-24(11-13-25)30(35(5,32)33)16-22-6-8-23(28)9-7-22/h6-15,21H,16-17H2,1-5H3,(H,29,31)/t21-/m1/s1. The molecule has 1 atom stereocenters. The van der Waals surface area contributed by atoms with Crippen molar-refractivity contribution in [3.05, 3.63) is 93.5 Å². The van der Waals surface area contributed by atoms with Crippen LogP contribution in [0.5, 0.6) is 5.75 Å². The number of halogens is 1. The highest BCUT2D eigenvalue weighted by Crippen LogP contribution is 2.25. The van der Waals surface area contributed by atoms with Crippen molar-refractivity contribution in [2.45, 2.75) is 40.3 Å². The van der Waals surface area contributed by atoms with Gasteiger partial charge in [0.15, 0.2) is 6.61 Å². The molecule has 0 bridgehead atoms. The molecule has 0 spiro atoms. The molecule has 3 aromatic carbocycles. The normalized spacial score (nSPS) is 12.2. The van der Waals surface area contributed by atoms with Crippen LogP contribution in [0, 0.1) is 20.8 Å². The van der Waals surface area contributed by atoms with Gasteiger partial charge in [-0.05, 0) is 91.9 Å². The van der Waals surface area contributed by atoms with E-state index >= 15 is 0 Å². The molecule has 3 rings (SSSR count). The van der Waals surface area contributed by atoms with Crippen LogP contribution in [-0.4, -0.2) is 27.2 Å². The summed E-state index contributed by atoms with van der Waals surface area (Å²) in [7, 11) is -3.52. The fourth-order valence-corrected chi connectivity index (χ4v) is 4.84. The van der Waals surface area contributed by atoms with Crippen LogP contribution in [0.15, 0.2) is 60.7 Å². The minimum absolute atomic E-state index is 0.145. The third-order valence-corrected chi connectivity index (χ3v) is 7.25. The first kappa shape index (κ1) is 26.6. The van der Waals surface area contributed by atoms with Crippen molar-refractivity contribution in [2.75, 3.05) is 17.2 Å². The van der Waals surface area contributed by atoms with E-state index in [9.17, 15) is 13.2 Å². The van der Waals surface area contributed by atoms with Gasteiger partial charge >= 0.3 is 0 Å². The number of benzene rings is 3. The largest absolute Gasteiger partial charge is 0.484 e. The maximum atomic E-state index is 12.5. The molecule has 0 aromatic heterocycles. The van der Waals surface area contributed by atoms with Gasteiger partial charge in [0.25, 0.3) is 5.91 Å². The number of nitrogens with one attached hydrogen (secondary N) is 1. The fraction of sp³-hybridized carbons (Fsp3) is 0.296. The maximum Gasteiger partial charge on any atom is 0.258 e. The average Bonchev–Trinajstić information content (AvgIpc) is 2.79. The number of carbonyl (C=O) groups is 1. The summed E-state index contributed by atoms with van der Waals surface area (Å²) >= 11 is 5.93. The third kappa shape index (κ3) is 7.23. The lowest BCUT2D eigenvalue weighted by Crippen LogP contribution is -2.31. The summed E-state index contributed by atoms with van der Waals surface area (Å²) in [6, 6.07) is 17.7. The first-order valence-corrected chi connectivity index (χ1v) is 13.5. The average molecular weight is 515 g/mol. The minimum Gasteiger partial charge on any atom is -0.484 e. The second kappa shape index (κ2) is 11.1. The SMILES string of the molecule is Cc1cc(C)c([C@@H](C)NC(=O)COc2ccc(N(Cc3ccc(Cl)cc3)S(C)(=O)=O)cc2)cc1C. The van der Waals surface area contributed by atoms with Crippen molar-refractivity contribution in [2.24, 2.45) is 0 Å². The van der Waals surface area contributed by atoms with Gasteiger partial charge in [0.1, 0.15) is 5.75 Å². The predicted octanol–water partition coefficient (Wildman–Crippen LogP) is 5.49. The van der Waals surface area contributed by atoms with E-state index in [4.69, 9.17) is 16.3 Å². The van der Waals surface area contributed by atoms with E-state index in [1.54, 1.807) is 48.5 Å². The summed E-state index contributed by atoms with van der Waals surface area (Å²) in [4.78, 5) is 12.5. The second-order valence-corrected chi connectivity index (χ2v) is 11.1. The van der Waals surface area contributed by atoms with Crippen LogP contribution in [0.2, 0.25) is 5.02 Å². The Morgan fingerprint density at radius 3 is 2.17 bits per heavy atom. The number of sulfonamides is 1. The highest BCUT2D eigenvalue weighted by Gasteiger charge is 2.18. The third-order valence-electron chi connectivity index (χ3n) is 5.86. The Balaban J connectivity index is 1.62. The molecule has 0 fully saturated rings. The van der Waals surface area contributed by atoms with Crippen molar-refractivity contribution in [1.29, 1.82) is 0 Å². The van der Waals surface area contributed by atoms with Gasteiger partial charge in [-0.15, -0.1) is 0 Å². The molecule has 186 valence electrons. The van der Waals surface area contributed by atoms with Crippen LogP contribution in [0.4, 0.5) is 5.69 Å². The van der Waals surface area contributed by atoms with Gasteiger partial charge in [-0.1, -0.05) is 35.9 Å². The summed E-state index contributed by atoms with van der Waals surface area (Å²) in [5, 5.41) is 3.56. The molecule has 3 aromatic rings. The molecule has 0 saturated heterocycles. The molecule has 8 heteroatoms. The van der Waals surface area contributed by atoms with Crippen molar-refractivity contribution in [3.63, 3.8) is 0 Å². The molecule has 0 heterocycles. The van der Waals surface area contributed by atoms with Crippen LogP contribution < -0.4 is 14.4 Å². The van der Waals surface area contributed by atoms with Crippen LogP contribution >= 0.6 is 11.6 Å². The van der Waals surface area contributed by atoms with Gasteiger partial charge in [-0.3, -0.25) is 9.10 Å². The molecule has 0 aliphatic carbocycles.